The lowest BCUT2D eigenvalue weighted by Gasteiger charge is -2.08. The van der Waals surface area contributed by atoms with Crippen LogP contribution in [0.4, 0.5) is 0 Å². The number of hydrogen-bond acceptors (Lipinski definition) is 0. The summed E-state index contributed by atoms with van der Waals surface area (Å²) >= 11 is 0. The van der Waals surface area contributed by atoms with E-state index in [0.717, 1.165) is 115 Å². The largest absolute Gasteiger partial charge is 0.354 e. The van der Waals surface area contributed by atoms with Gasteiger partial charge in [-0.3, -0.25) is 0 Å². The molecule has 8 heteroatoms. The molecule has 0 amide bonds. The zero-order valence-corrected chi connectivity index (χ0v) is 32.5. The molecule has 4 N–H and O–H groups in total. The first-order valence-corrected chi connectivity index (χ1v) is 19.8. The van der Waals surface area contributed by atoms with Crippen molar-refractivity contribution < 1.29 is 18.3 Å². The third-order valence-electron chi connectivity index (χ3n) is 11.0. The third kappa shape index (κ3) is 6.04. The van der Waals surface area contributed by atoms with Gasteiger partial charge in [0, 0.05) is 48.5 Å². The first-order chi connectivity index (χ1) is 27.6. The molecule has 0 aliphatic carbocycles. The molecular weight excluding hydrogens is 689 g/mol. The molecule has 0 fully saturated rings. The summed E-state index contributed by atoms with van der Waals surface area (Å²) in [7, 11) is 0. The van der Waals surface area contributed by atoms with Crippen LogP contribution in [-0.4, -0.2) is 19.9 Å². The van der Waals surface area contributed by atoms with Crippen LogP contribution in [0.25, 0.3) is 22.3 Å². The third-order valence-corrected chi connectivity index (χ3v) is 11.0. The first kappa shape index (κ1) is 34.9. The van der Waals surface area contributed by atoms with Gasteiger partial charge in [-0.15, -0.1) is 0 Å². The molecule has 8 nitrogen and oxygen atoms in total. The van der Waals surface area contributed by atoms with Crippen molar-refractivity contribution in [2.24, 2.45) is 0 Å². The van der Waals surface area contributed by atoms with Gasteiger partial charge in [0.25, 0.3) is 0 Å². The Bertz CT molecular complexity index is 2590. The predicted octanol–water partition coefficient (Wildman–Crippen LogP) is 3.53. The second-order valence-corrected chi connectivity index (χ2v) is 14.1. The highest BCUT2D eigenvalue weighted by molar-refractivity contribution is 5.81. The monoisotopic (exact) mass is 736 g/mol. The van der Waals surface area contributed by atoms with E-state index in [4.69, 9.17) is 0 Å². The van der Waals surface area contributed by atoms with Gasteiger partial charge >= 0.3 is 0 Å². The molecule has 8 aromatic rings. The van der Waals surface area contributed by atoms with E-state index >= 15 is 0 Å². The van der Waals surface area contributed by atoms with Crippen LogP contribution in [0.1, 0.15) is 73.2 Å². The average molecular weight is 737 g/mol. The van der Waals surface area contributed by atoms with Gasteiger partial charge in [-0.2, -0.15) is 18.3 Å². The van der Waals surface area contributed by atoms with Crippen molar-refractivity contribution in [3.8, 4) is 0 Å². The van der Waals surface area contributed by atoms with Crippen molar-refractivity contribution in [2.75, 3.05) is 0 Å². The number of aryl methyl sites for hydroxylation is 4. The van der Waals surface area contributed by atoms with Gasteiger partial charge in [-0.25, -0.2) is 0 Å². The molecule has 0 atom stereocenters. The number of H-pyrrole nitrogens is 4. The van der Waals surface area contributed by atoms with Gasteiger partial charge in [0.1, 0.15) is 26.2 Å². The van der Waals surface area contributed by atoms with Crippen LogP contribution in [-0.2, 0) is 26.2 Å². The van der Waals surface area contributed by atoms with E-state index in [1.54, 1.807) is 0 Å². The second-order valence-electron chi connectivity index (χ2n) is 14.1. The molecule has 0 unspecified atom stereocenters. The van der Waals surface area contributed by atoms with Gasteiger partial charge in [-0.05, 0) is 100 Å². The van der Waals surface area contributed by atoms with Crippen molar-refractivity contribution in [3.63, 3.8) is 0 Å². The molecule has 0 saturated carbocycles. The minimum absolute atomic E-state index is 0.839. The van der Waals surface area contributed by atoms with E-state index in [0.29, 0.717) is 0 Å². The number of nitrogens with zero attached hydrogens (tertiary/aromatic N) is 4. The van der Waals surface area contributed by atoms with Crippen LogP contribution in [0.15, 0.2) is 146 Å². The lowest BCUT2D eigenvalue weighted by atomic mass is 10.1. The molecular formula is C48H48N8+4. The van der Waals surface area contributed by atoms with Crippen LogP contribution in [0, 0.1) is 0 Å². The minimum atomic E-state index is 0.839. The highest BCUT2D eigenvalue weighted by Gasteiger charge is 2.26. The fourth-order valence-electron chi connectivity index (χ4n) is 8.35. The normalized spacial score (nSPS) is 12.8. The van der Waals surface area contributed by atoms with Gasteiger partial charge < -0.3 is 19.9 Å². The summed E-state index contributed by atoms with van der Waals surface area (Å²) in [5.74, 6) is 0. The molecule has 0 radical (unpaired) electrons. The summed E-state index contributed by atoms with van der Waals surface area (Å²) < 4.78 is 9.25. The fourth-order valence-corrected chi connectivity index (χ4v) is 8.35. The Morgan fingerprint density at radius 2 is 0.554 bits per heavy atom. The Hall–Kier alpha value is -6.80. The number of aromatic nitrogens is 8. The van der Waals surface area contributed by atoms with Crippen LogP contribution in [0.3, 0.4) is 0 Å². The molecule has 0 aromatic carbocycles. The maximum absolute atomic E-state index is 3.95. The van der Waals surface area contributed by atoms with E-state index in [-0.39, 0.29) is 0 Å². The van der Waals surface area contributed by atoms with E-state index < -0.39 is 0 Å². The number of rotatable bonds is 8. The molecule has 276 valence electrons. The van der Waals surface area contributed by atoms with E-state index in [2.05, 4.69) is 212 Å². The smallest absolute Gasteiger partial charge is 0.216 e. The number of fused-ring (bicyclic) bond motifs is 8. The topological polar surface area (TPSA) is 78.7 Å². The van der Waals surface area contributed by atoms with E-state index in [9.17, 15) is 0 Å². The molecule has 0 saturated heterocycles. The molecule has 1 aliphatic rings. The number of hydrogen-bond donors (Lipinski definition) is 4. The Morgan fingerprint density at radius 1 is 0.304 bits per heavy atom. The number of pyridine rings is 4. The first-order valence-electron chi connectivity index (χ1n) is 19.8. The van der Waals surface area contributed by atoms with Crippen LogP contribution in [0.5, 0.6) is 0 Å². The maximum atomic E-state index is 3.95. The molecule has 1 aliphatic heterocycles. The van der Waals surface area contributed by atoms with Crippen molar-refractivity contribution in [2.45, 2.75) is 53.9 Å². The summed E-state index contributed by atoms with van der Waals surface area (Å²) in [6.07, 6.45) is 8.65. The van der Waals surface area contributed by atoms with Gasteiger partial charge in [0.05, 0.1) is 66.5 Å². The average Bonchev–Trinajstić information content (AvgIpc) is 4.10. The van der Waals surface area contributed by atoms with Crippen molar-refractivity contribution >= 4 is 22.3 Å². The van der Waals surface area contributed by atoms with Gasteiger partial charge in [-0.1, -0.05) is 0 Å². The van der Waals surface area contributed by atoms with Crippen molar-refractivity contribution in [1.82, 2.24) is 19.9 Å². The molecule has 56 heavy (non-hydrogen) atoms. The SMILES string of the molecule is CC[n+]1ccccc1C1=c2ccc([nH]2)=C(c2cccc[n+]2CC)c2ccc([nH]2)C(c2cccc[n+]2CC)=c2ccc([nH]2)=C(c2cccc[n+]2CC)c2ccc1[nH]2. The lowest BCUT2D eigenvalue weighted by molar-refractivity contribution is -0.695. The Balaban J connectivity index is 1.47. The predicted molar refractivity (Wildman–Crippen MR) is 217 cm³/mol. The van der Waals surface area contributed by atoms with Crippen LogP contribution < -0.4 is 39.7 Å². The number of aromatic amines is 4. The Kier molecular flexibility index (Phi) is 9.23. The molecule has 9 rings (SSSR count). The minimum Gasteiger partial charge on any atom is -0.354 e. The quantitative estimate of drug-likeness (QED) is 0.173. The molecule has 9 heterocycles. The van der Waals surface area contributed by atoms with E-state index in [1.165, 1.54) is 0 Å². The summed E-state index contributed by atoms with van der Waals surface area (Å²) in [5, 5.41) is 4.13. The summed E-state index contributed by atoms with van der Waals surface area (Å²) in [5.41, 5.74) is 13.1. The summed E-state index contributed by atoms with van der Waals surface area (Å²) in [4.78, 5) is 15.8. The zero-order valence-electron chi connectivity index (χ0n) is 32.5. The highest BCUT2D eigenvalue weighted by Crippen LogP contribution is 2.25. The van der Waals surface area contributed by atoms with Crippen LogP contribution in [0.2, 0.25) is 0 Å². The Labute approximate surface area is 326 Å². The summed E-state index contributed by atoms with van der Waals surface area (Å²) in [6.45, 7) is 12.1. The standard InChI is InChI=1S/C48H46N8/c1-5-53-29-13-9-17-41(53)45-33-21-23-35(49-33)46(42-18-10-14-30-54(42)6-2)37-25-27-39(51-37)48(44-20-12-16-32-56(44)8-4)40-28-26-38(52-40)47(36-24-22-34(45)50-36)43-19-11-15-31-55(43)7-3/h9-32H,5-8H2,1-4H3,(H2,49,50,51,52)/q+2/p+2. The van der Waals surface area contributed by atoms with Gasteiger partial charge in [0.2, 0.25) is 22.8 Å². The van der Waals surface area contributed by atoms with E-state index in [1.807, 2.05) is 0 Å². The summed E-state index contributed by atoms with van der Waals surface area (Å²) in [6, 6.07) is 43.6. The zero-order chi connectivity index (χ0) is 38.2. The van der Waals surface area contributed by atoms with Crippen molar-refractivity contribution in [3.05, 3.63) is 213 Å². The second kappa shape index (κ2) is 14.8. The lowest BCUT2D eigenvalue weighted by Crippen LogP contribution is -2.39. The van der Waals surface area contributed by atoms with Crippen LogP contribution >= 0.6 is 0 Å². The fraction of sp³-hybridized carbons (Fsp3) is 0.167. The maximum Gasteiger partial charge on any atom is 0.216 e. The number of nitrogens with one attached hydrogen (secondary N) is 4. The Morgan fingerprint density at radius 3 is 0.786 bits per heavy atom. The molecule has 8 bridgehead atoms. The molecule has 8 aromatic heterocycles. The van der Waals surface area contributed by atoms with Gasteiger partial charge in [0.15, 0.2) is 24.8 Å². The highest BCUT2D eigenvalue weighted by atomic mass is 15.0. The van der Waals surface area contributed by atoms with Crippen molar-refractivity contribution in [1.29, 1.82) is 0 Å². The molecule has 0 spiro atoms.